The summed E-state index contributed by atoms with van der Waals surface area (Å²) in [7, 11) is 0. The molecule has 0 radical (unpaired) electrons. The number of benzene rings is 2. The molecule has 21 heavy (non-hydrogen) atoms. The summed E-state index contributed by atoms with van der Waals surface area (Å²) < 4.78 is 13.5. The summed E-state index contributed by atoms with van der Waals surface area (Å²) in [6.45, 7) is 1.85. The summed E-state index contributed by atoms with van der Waals surface area (Å²) in [5, 5.41) is 9.32. The molecule has 1 unspecified atom stereocenters. The van der Waals surface area contributed by atoms with Gasteiger partial charge in [0.1, 0.15) is 21.2 Å². The minimum Gasteiger partial charge on any atom is -0.207 e. The summed E-state index contributed by atoms with van der Waals surface area (Å²) in [4.78, 5) is 0. The maximum Gasteiger partial charge on any atom is 0.147 e. The number of aromatic nitrogens is 2. The lowest BCUT2D eigenvalue weighted by Crippen LogP contribution is -1.91. The van der Waals surface area contributed by atoms with Crippen LogP contribution in [0, 0.1) is 12.7 Å². The first-order valence-electron chi connectivity index (χ1n) is 6.43. The highest BCUT2D eigenvalue weighted by atomic mass is 35.5. The lowest BCUT2D eigenvalue weighted by atomic mass is 10.1. The quantitative estimate of drug-likeness (QED) is 0.636. The van der Waals surface area contributed by atoms with Gasteiger partial charge >= 0.3 is 0 Å². The fraction of sp³-hybridized carbons (Fsp3) is 0.125. The molecule has 0 N–H and O–H groups in total. The number of aryl methyl sites for hydroxylation is 1. The van der Waals surface area contributed by atoms with Crippen molar-refractivity contribution in [2.75, 3.05) is 0 Å². The van der Waals surface area contributed by atoms with Gasteiger partial charge in [-0.05, 0) is 36.2 Å². The monoisotopic (exact) mass is 318 g/mol. The molecule has 0 fully saturated rings. The highest BCUT2D eigenvalue weighted by molar-refractivity contribution is 7.15. The number of hydrogen-bond acceptors (Lipinski definition) is 3. The SMILES string of the molecule is Cc1cc(F)cc(-c2nnc(C(Cl)c3ccccc3)s2)c1. The van der Waals surface area contributed by atoms with Crippen LogP contribution in [0.5, 0.6) is 0 Å². The Bertz CT molecular complexity index is 738. The van der Waals surface area contributed by atoms with Crippen molar-refractivity contribution >= 4 is 22.9 Å². The van der Waals surface area contributed by atoms with Crippen LogP contribution in [-0.4, -0.2) is 10.2 Å². The molecule has 3 rings (SSSR count). The van der Waals surface area contributed by atoms with Crippen molar-refractivity contribution in [1.82, 2.24) is 10.2 Å². The maximum absolute atomic E-state index is 13.5. The number of hydrogen-bond donors (Lipinski definition) is 0. The van der Waals surface area contributed by atoms with E-state index in [1.54, 1.807) is 0 Å². The third kappa shape index (κ3) is 3.12. The van der Waals surface area contributed by atoms with Crippen molar-refractivity contribution < 1.29 is 4.39 Å². The Hall–Kier alpha value is -1.78. The van der Waals surface area contributed by atoms with Gasteiger partial charge in [0, 0.05) is 5.56 Å². The summed E-state index contributed by atoms with van der Waals surface area (Å²) in [5.74, 6) is -0.271. The molecule has 0 saturated carbocycles. The molecule has 1 atom stereocenters. The van der Waals surface area contributed by atoms with Gasteiger partial charge < -0.3 is 0 Å². The van der Waals surface area contributed by atoms with E-state index in [1.165, 1.54) is 23.5 Å². The van der Waals surface area contributed by atoms with E-state index < -0.39 is 0 Å². The van der Waals surface area contributed by atoms with Crippen LogP contribution in [0.15, 0.2) is 48.5 Å². The van der Waals surface area contributed by atoms with E-state index in [9.17, 15) is 4.39 Å². The van der Waals surface area contributed by atoms with Crippen molar-refractivity contribution in [2.24, 2.45) is 0 Å². The largest absolute Gasteiger partial charge is 0.207 e. The molecule has 0 aliphatic heterocycles. The highest BCUT2D eigenvalue weighted by Gasteiger charge is 2.17. The van der Waals surface area contributed by atoms with E-state index >= 15 is 0 Å². The second-order valence-corrected chi connectivity index (χ2v) is 6.18. The Morgan fingerprint density at radius 1 is 1.10 bits per heavy atom. The first-order chi connectivity index (χ1) is 10.1. The van der Waals surface area contributed by atoms with Gasteiger partial charge in [-0.25, -0.2) is 4.39 Å². The van der Waals surface area contributed by atoms with Crippen LogP contribution < -0.4 is 0 Å². The molecule has 5 heteroatoms. The van der Waals surface area contributed by atoms with E-state index in [0.717, 1.165) is 16.7 Å². The smallest absolute Gasteiger partial charge is 0.147 e. The van der Waals surface area contributed by atoms with Gasteiger partial charge in [-0.1, -0.05) is 41.7 Å². The van der Waals surface area contributed by atoms with Crippen molar-refractivity contribution in [3.63, 3.8) is 0 Å². The van der Waals surface area contributed by atoms with E-state index in [2.05, 4.69) is 10.2 Å². The van der Waals surface area contributed by atoms with Crippen LogP contribution in [0.1, 0.15) is 21.5 Å². The second-order valence-electron chi connectivity index (χ2n) is 4.74. The van der Waals surface area contributed by atoms with Crippen LogP contribution >= 0.6 is 22.9 Å². The van der Waals surface area contributed by atoms with Crippen molar-refractivity contribution in [3.8, 4) is 10.6 Å². The van der Waals surface area contributed by atoms with Gasteiger partial charge in [-0.2, -0.15) is 0 Å². The van der Waals surface area contributed by atoms with E-state index in [0.29, 0.717) is 10.0 Å². The zero-order chi connectivity index (χ0) is 14.8. The standard InChI is InChI=1S/C16H12ClFN2S/c1-10-7-12(9-13(18)8-10)15-19-20-16(21-15)14(17)11-5-3-2-4-6-11/h2-9,14H,1H3. The fourth-order valence-corrected chi connectivity index (χ4v) is 3.24. The highest BCUT2D eigenvalue weighted by Crippen LogP contribution is 2.34. The van der Waals surface area contributed by atoms with Gasteiger partial charge in [0.15, 0.2) is 0 Å². The third-order valence-electron chi connectivity index (χ3n) is 3.04. The van der Waals surface area contributed by atoms with Gasteiger partial charge in [0.25, 0.3) is 0 Å². The van der Waals surface area contributed by atoms with Crippen molar-refractivity contribution in [2.45, 2.75) is 12.3 Å². The molecule has 3 aromatic rings. The normalized spacial score (nSPS) is 12.3. The summed E-state index contributed by atoms with van der Waals surface area (Å²) in [5.41, 5.74) is 2.55. The summed E-state index contributed by atoms with van der Waals surface area (Å²) in [6.07, 6.45) is 0. The average molecular weight is 319 g/mol. The molecule has 0 aliphatic carbocycles. The molecule has 0 aliphatic rings. The predicted octanol–water partition coefficient (Wildman–Crippen LogP) is 4.98. The Kier molecular flexibility index (Phi) is 3.99. The molecule has 2 nitrogen and oxygen atoms in total. The maximum atomic E-state index is 13.5. The van der Waals surface area contributed by atoms with Crippen molar-refractivity contribution in [1.29, 1.82) is 0 Å². The first kappa shape index (κ1) is 14.2. The van der Waals surface area contributed by atoms with Crippen molar-refractivity contribution in [3.05, 3.63) is 70.5 Å². The number of alkyl halides is 1. The van der Waals surface area contributed by atoms with Crippen LogP contribution in [0.25, 0.3) is 10.6 Å². The molecule has 0 spiro atoms. The van der Waals surface area contributed by atoms with Gasteiger partial charge in [-0.15, -0.1) is 21.8 Å². The minimum absolute atomic E-state index is 0.271. The second kappa shape index (κ2) is 5.92. The Balaban J connectivity index is 1.93. The number of rotatable bonds is 3. The molecular weight excluding hydrogens is 307 g/mol. The Labute approximate surface area is 131 Å². The third-order valence-corrected chi connectivity index (χ3v) is 4.66. The number of halogens is 2. The first-order valence-corrected chi connectivity index (χ1v) is 7.69. The van der Waals surface area contributed by atoms with Crippen LogP contribution in [-0.2, 0) is 0 Å². The molecule has 1 heterocycles. The molecular formula is C16H12ClFN2S. The zero-order valence-corrected chi connectivity index (χ0v) is 12.8. The molecule has 0 saturated heterocycles. The van der Waals surface area contributed by atoms with Gasteiger partial charge in [0.05, 0.1) is 0 Å². The van der Waals surface area contributed by atoms with E-state index in [1.807, 2.05) is 43.3 Å². The van der Waals surface area contributed by atoms with E-state index in [4.69, 9.17) is 11.6 Å². The lowest BCUT2D eigenvalue weighted by Gasteiger charge is -2.04. The van der Waals surface area contributed by atoms with Crippen LogP contribution in [0.4, 0.5) is 4.39 Å². The predicted molar refractivity (Wildman–Crippen MR) is 84.2 cm³/mol. The lowest BCUT2D eigenvalue weighted by molar-refractivity contribution is 0.627. The van der Waals surface area contributed by atoms with Crippen LogP contribution in [0.3, 0.4) is 0 Å². The van der Waals surface area contributed by atoms with Crippen LogP contribution in [0.2, 0.25) is 0 Å². The minimum atomic E-state index is -0.341. The average Bonchev–Trinajstić information content (AvgIpc) is 2.96. The topological polar surface area (TPSA) is 25.8 Å². The Morgan fingerprint density at radius 3 is 2.57 bits per heavy atom. The van der Waals surface area contributed by atoms with E-state index in [-0.39, 0.29) is 11.2 Å². The van der Waals surface area contributed by atoms with Gasteiger partial charge in [-0.3, -0.25) is 0 Å². The molecule has 0 bridgehead atoms. The summed E-state index contributed by atoms with van der Waals surface area (Å²) in [6, 6.07) is 14.5. The molecule has 2 aromatic carbocycles. The molecule has 106 valence electrons. The number of nitrogens with zero attached hydrogens (tertiary/aromatic N) is 2. The Morgan fingerprint density at radius 2 is 1.86 bits per heavy atom. The molecule has 1 aromatic heterocycles. The molecule has 0 amide bonds. The zero-order valence-electron chi connectivity index (χ0n) is 11.3. The van der Waals surface area contributed by atoms with Gasteiger partial charge in [0.2, 0.25) is 0 Å². The fourth-order valence-electron chi connectivity index (χ4n) is 2.08. The summed E-state index contributed by atoms with van der Waals surface area (Å²) >= 11 is 7.81.